The first-order valence-corrected chi connectivity index (χ1v) is 7.58. The van der Waals surface area contributed by atoms with Gasteiger partial charge >= 0.3 is 0 Å². The summed E-state index contributed by atoms with van der Waals surface area (Å²) in [5.41, 5.74) is 2.41. The highest BCUT2D eigenvalue weighted by Gasteiger charge is 2.13. The maximum absolute atomic E-state index is 5.83. The molecule has 0 N–H and O–H groups in total. The molecule has 2 rings (SSSR count). The molecule has 0 aromatic heterocycles. The molecule has 22 heavy (non-hydrogen) atoms. The van der Waals surface area contributed by atoms with Crippen molar-refractivity contribution < 1.29 is 14.2 Å². The van der Waals surface area contributed by atoms with Crippen molar-refractivity contribution in [3.05, 3.63) is 59.7 Å². The lowest BCUT2D eigenvalue weighted by Crippen LogP contribution is -2.08. The average Bonchev–Trinajstić information content (AvgIpc) is 2.58. The van der Waals surface area contributed by atoms with Gasteiger partial charge < -0.3 is 14.2 Å². The molecular formula is C19H24O3. The van der Waals surface area contributed by atoms with Crippen molar-refractivity contribution in [2.75, 3.05) is 27.4 Å². The summed E-state index contributed by atoms with van der Waals surface area (Å²) in [5.74, 6) is 1.97. The van der Waals surface area contributed by atoms with Gasteiger partial charge in [-0.3, -0.25) is 0 Å². The minimum atomic E-state index is 0.251. The van der Waals surface area contributed by atoms with Crippen molar-refractivity contribution in [3.63, 3.8) is 0 Å². The van der Waals surface area contributed by atoms with Gasteiger partial charge in [0.25, 0.3) is 0 Å². The molecule has 1 atom stereocenters. The summed E-state index contributed by atoms with van der Waals surface area (Å²) < 4.78 is 16.6. The van der Waals surface area contributed by atoms with Gasteiger partial charge in [-0.05, 0) is 30.2 Å². The monoisotopic (exact) mass is 300 g/mol. The Morgan fingerprint density at radius 2 is 1.73 bits per heavy atom. The van der Waals surface area contributed by atoms with Gasteiger partial charge in [-0.25, -0.2) is 0 Å². The molecule has 0 amide bonds. The molecular weight excluding hydrogens is 276 g/mol. The third-order valence-corrected chi connectivity index (χ3v) is 3.71. The van der Waals surface area contributed by atoms with Gasteiger partial charge in [-0.1, -0.05) is 37.3 Å². The molecule has 1 unspecified atom stereocenters. The van der Waals surface area contributed by atoms with Gasteiger partial charge in [0.15, 0.2) is 0 Å². The van der Waals surface area contributed by atoms with Crippen LogP contribution in [0.3, 0.4) is 0 Å². The molecule has 3 nitrogen and oxygen atoms in total. The van der Waals surface area contributed by atoms with E-state index in [9.17, 15) is 0 Å². The fourth-order valence-corrected chi connectivity index (χ4v) is 2.41. The van der Waals surface area contributed by atoms with E-state index in [-0.39, 0.29) is 5.92 Å². The number of methoxy groups -OCH3 is 2. The summed E-state index contributed by atoms with van der Waals surface area (Å²) in [6, 6.07) is 16.2. The van der Waals surface area contributed by atoms with Crippen LogP contribution in [-0.2, 0) is 11.2 Å². The van der Waals surface area contributed by atoms with Crippen LogP contribution in [0.5, 0.6) is 11.5 Å². The van der Waals surface area contributed by atoms with Gasteiger partial charge in [-0.15, -0.1) is 0 Å². The van der Waals surface area contributed by atoms with Crippen molar-refractivity contribution in [2.45, 2.75) is 19.3 Å². The second-order valence-electron chi connectivity index (χ2n) is 5.32. The topological polar surface area (TPSA) is 27.7 Å². The molecule has 0 saturated carbocycles. The number of hydrogen-bond donors (Lipinski definition) is 0. The molecule has 0 fully saturated rings. The first-order valence-electron chi connectivity index (χ1n) is 7.58. The zero-order chi connectivity index (χ0) is 15.8. The largest absolute Gasteiger partial charge is 0.497 e. The zero-order valence-corrected chi connectivity index (χ0v) is 13.5. The molecule has 0 bridgehead atoms. The summed E-state index contributed by atoms with van der Waals surface area (Å²) in [5, 5.41) is 0. The lowest BCUT2D eigenvalue weighted by Gasteiger charge is -2.17. The molecule has 118 valence electrons. The molecule has 2 aromatic carbocycles. The Balaban J connectivity index is 1.87. The fourth-order valence-electron chi connectivity index (χ4n) is 2.41. The van der Waals surface area contributed by atoms with E-state index >= 15 is 0 Å². The SMILES string of the molecule is COc1ccc(OC)c(C(C)COCCc2ccccc2)c1. The molecule has 0 spiro atoms. The van der Waals surface area contributed by atoms with Crippen LogP contribution in [0.25, 0.3) is 0 Å². The van der Waals surface area contributed by atoms with Crippen molar-refractivity contribution in [1.82, 2.24) is 0 Å². The molecule has 3 heteroatoms. The maximum Gasteiger partial charge on any atom is 0.122 e. The van der Waals surface area contributed by atoms with Gasteiger partial charge in [-0.2, -0.15) is 0 Å². The molecule has 0 aliphatic rings. The van der Waals surface area contributed by atoms with Crippen LogP contribution in [-0.4, -0.2) is 27.4 Å². The van der Waals surface area contributed by atoms with Crippen LogP contribution in [0.15, 0.2) is 48.5 Å². The minimum absolute atomic E-state index is 0.251. The predicted molar refractivity (Wildman–Crippen MR) is 88.9 cm³/mol. The summed E-state index contributed by atoms with van der Waals surface area (Å²) in [4.78, 5) is 0. The third-order valence-electron chi connectivity index (χ3n) is 3.71. The molecule has 0 saturated heterocycles. The first-order chi connectivity index (χ1) is 10.7. The summed E-state index contributed by atoms with van der Waals surface area (Å²) in [6.07, 6.45) is 0.933. The van der Waals surface area contributed by atoms with E-state index in [0.29, 0.717) is 6.61 Å². The summed E-state index contributed by atoms with van der Waals surface area (Å²) >= 11 is 0. The van der Waals surface area contributed by atoms with Crippen LogP contribution in [0.4, 0.5) is 0 Å². The van der Waals surface area contributed by atoms with Crippen LogP contribution in [0.1, 0.15) is 24.0 Å². The lowest BCUT2D eigenvalue weighted by atomic mass is 10.0. The number of ether oxygens (including phenoxy) is 3. The Labute approximate surface area is 132 Å². The quantitative estimate of drug-likeness (QED) is 0.688. The second kappa shape index (κ2) is 8.44. The number of rotatable bonds is 8. The van der Waals surface area contributed by atoms with E-state index in [1.807, 2.05) is 24.3 Å². The van der Waals surface area contributed by atoms with E-state index in [4.69, 9.17) is 14.2 Å². The van der Waals surface area contributed by atoms with E-state index in [2.05, 4.69) is 31.2 Å². The van der Waals surface area contributed by atoms with Crippen molar-refractivity contribution in [1.29, 1.82) is 0 Å². The van der Waals surface area contributed by atoms with E-state index in [1.54, 1.807) is 14.2 Å². The van der Waals surface area contributed by atoms with E-state index < -0.39 is 0 Å². The molecule has 0 radical (unpaired) electrons. The molecule has 0 heterocycles. The van der Waals surface area contributed by atoms with Crippen LogP contribution in [0.2, 0.25) is 0 Å². The Kier molecular flexibility index (Phi) is 6.28. The zero-order valence-electron chi connectivity index (χ0n) is 13.5. The highest BCUT2D eigenvalue weighted by atomic mass is 16.5. The first kappa shape index (κ1) is 16.4. The van der Waals surface area contributed by atoms with Crippen LogP contribution >= 0.6 is 0 Å². The van der Waals surface area contributed by atoms with Gasteiger partial charge in [0.05, 0.1) is 27.4 Å². The van der Waals surface area contributed by atoms with Gasteiger partial charge in [0.1, 0.15) is 11.5 Å². The Morgan fingerprint density at radius 3 is 2.41 bits per heavy atom. The molecule has 2 aromatic rings. The predicted octanol–water partition coefficient (Wildman–Crippen LogP) is 4.07. The average molecular weight is 300 g/mol. The Hall–Kier alpha value is -2.00. The number of hydrogen-bond acceptors (Lipinski definition) is 3. The highest BCUT2D eigenvalue weighted by Crippen LogP contribution is 2.30. The van der Waals surface area contributed by atoms with Gasteiger partial charge in [0, 0.05) is 11.5 Å². The number of benzene rings is 2. The van der Waals surface area contributed by atoms with Crippen molar-refractivity contribution in [3.8, 4) is 11.5 Å². The maximum atomic E-state index is 5.83. The van der Waals surface area contributed by atoms with E-state index in [0.717, 1.165) is 30.1 Å². The standard InChI is InChI=1S/C19H24O3/c1-15(14-22-12-11-16-7-5-4-6-8-16)18-13-17(20-2)9-10-19(18)21-3/h4-10,13,15H,11-12,14H2,1-3H3. The summed E-state index contributed by atoms with van der Waals surface area (Å²) in [7, 11) is 3.36. The Bertz CT molecular complexity index is 566. The smallest absolute Gasteiger partial charge is 0.122 e. The van der Waals surface area contributed by atoms with Crippen LogP contribution < -0.4 is 9.47 Å². The van der Waals surface area contributed by atoms with Crippen LogP contribution in [0, 0.1) is 0 Å². The fraction of sp³-hybridized carbons (Fsp3) is 0.368. The summed E-state index contributed by atoms with van der Waals surface area (Å²) in [6.45, 7) is 3.52. The normalized spacial score (nSPS) is 12.0. The molecule has 0 aliphatic heterocycles. The van der Waals surface area contributed by atoms with Crippen molar-refractivity contribution >= 4 is 0 Å². The highest BCUT2D eigenvalue weighted by molar-refractivity contribution is 5.42. The van der Waals surface area contributed by atoms with Gasteiger partial charge in [0.2, 0.25) is 0 Å². The lowest BCUT2D eigenvalue weighted by molar-refractivity contribution is 0.125. The third kappa shape index (κ3) is 4.50. The second-order valence-corrected chi connectivity index (χ2v) is 5.32. The van der Waals surface area contributed by atoms with E-state index in [1.165, 1.54) is 5.56 Å². The Morgan fingerprint density at radius 1 is 0.955 bits per heavy atom. The molecule has 0 aliphatic carbocycles. The van der Waals surface area contributed by atoms with Crippen molar-refractivity contribution in [2.24, 2.45) is 0 Å². The minimum Gasteiger partial charge on any atom is -0.497 e.